The summed E-state index contributed by atoms with van der Waals surface area (Å²) in [6.07, 6.45) is 3.71. The molecule has 88 valence electrons. The summed E-state index contributed by atoms with van der Waals surface area (Å²) in [5.74, 6) is 0.937. The fourth-order valence-corrected chi connectivity index (χ4v) is 2.77. The van der Waals surface area contributed by atoms with Gasteiger partial charge in [0.25, 0.3) is 5.91 Å². The molecule has 0 atom stereocenters. The zero-order valence-corrected chi connectivity index (χ0v) is 9.98. The molecule has 3 rings (SSSR count). The third-order valence-corrected chi connectivity index (χ3v) is 3.84. The van der Waals surface area contributed by atoms with Gasteiger partial charge in [-0.2, -0.15) is 0 Å². The van der Waals surface area contributed by atoms with Crippen molar-refractivity contribution >= 4 is 22.9 Å². The van der Waals surface area contributed by atoms with E-state index in [9.17, 15) is 4.79 Å². The molecular formula is C11H12N4OS. The zero-order valence-electron chi connectivity index (χ0n) is 9.17. The number of amides is 1. The SMILES string of the molecule is Nc1ccsc1C(=O)N1CCn2ccnc2C1. The van der Waals surface area contributed by atoms with Gasteiger partial charge in [0.15, 0.2) is 0 Å². The van der Waals surface area contributed by atoms with Gasteiger partial charge in [-0.1, -0.05) is 0 Å². The predicted octanol–water partition coefficient (Wildman–Crippen LogP) is 1.18. The van der Waals surface area contributed by atoms with Crippen LogP contribution in [0.1, 0.15) is 15.5 Å². The molecule has 0 saturated carbocycles. The van der Waals surface area contributed by atoms with Crippen LogP contribution in [0, 0.1) is 0 Å². The molecule has 1 amide bonds. The summed E-state index contributed by atoms with van der Waals surface area (Å²) < 4.78 is 2.07. The van der Waals surface area contributed by atoms with E-state index in [4.69, 9.17) is 5.73 Å². The van der Waals surface area contributed by atoms with Gasteiger partial charge in [0, 0.05) is 25.5 Å². The van der Waals surface area contributed by atoms with Crippen molar-refractivity contribution in [2.24, 2.45) is 0 Å². The highest BCUT2D eigenvalue weighted by Gasteiger charge is 2.24. The Balaban J connectivity index is 1.84. The zero-order chi connectivity index (χ0) is 11.8. The number of hydrogen-bond acceptors (Lipinski definition) is 4. The van der Waals surface area contributed by atoms with E-state index in [1.165, 1.54) is 11.3 Å². The van der Waals surface area contributed by atoms with E-state index in [1.807, 2.05) is 11.6 Å². The highest BCUT2D eigenvalue weighted by molar-refractivity contribution is 7.12. The van der Waals surface area contributed by atoms with Gasteiger partial charge in [-0.3, -0.25) is 4.79 Å². The Bertz CT molecular complexity index is 559. The minimum Gasteiger partial charge on any atom is -0.397 e. The lowest BCUT2D eigenvalue weighted by Crippen LogP contribution is -2.38. The number of imidazole rings is 1. The molecule has 2 aromatic rings. The number of nitrogen functional groups attached to an aromatic ring is 1. The second kappa shape index (κ2) is 3.89. The first-order valence-corrected chi connectivity index (χ1v) is 6.26. The standard InChI is InChI=1S/C11H12N4OS/c12-8-1-6-17-10(8)11(16)15-5-4-14-3-2-13-9(14)7-15/h1-3,6H,4-5,7,12H2. The Morgan fingerprint density at radius 1 is 1.47 bits per heavy atom. The van der Waals surface area contributed by atoms with Crippen LogP contribution in [0.4, 0.5) is 5.69 Å². The molecule has 3 heterocycles. The Morgan fingerprint density at radius 2 is 2.35 bits per heavy atom. The van der Waals surface area contributed by atoms with Crippen LogP contribution in [0.2, 0.25) is 0 Å². The number of hydrogen-bond donors (Lipinski definition) is 1. The smallest absolute Gasteiger partial charge is 0.266 e. The lowest BCUT2D eigenvalue weighted by Gasteiger charge is -2.27. The summed E-state index contributed by atoms with van der Waals surface area (Å²) in [6.45, 7) is 2.06. The van der Waals surface area contributed by atoms with Crippen LogP contribution in [-0.2, 0) is 13.1 Å². The number of anilines is 1. The van der Waals surface area contributed by atoms with E-state index in [0.29, 0.717) is 23.7 Å². The minimum absolute atomic E-state index is 0.00625. The largest absolute Gasteiger partial charge is 0.397 e. The Labute approximate surface area is 102 Å². The van der Waals surface area contributed by atoms with E-state index in [2.05, 4.69) is 9.55 Å². The number of carbonyl (C=O) groups is 1. The van der Waals surface area contributed by atoms with Crippen LogP contribution in [0.5, 0.6) is 0 Å². The first-order chi connectivity index (χ1) is 8.25. The lowest BCUT2D eigenvalue weighted by molar-refractivity contribution is 0.0713. The van der Waals surface area contributed by atoms with Crippen molar-refractivity contribution in [1.29, 1.82) is 0 Å². The predicted molar refractivity (Wildman–Crippen MR) is 65.7 cm³/mol. The maximum atomic E-state index is 12.2. The van der Waals surface area contributed by atoms with E-state index in [1.54, 1.807) is 17.2 Å². The van der Waals surface area contributed by atoms with E-state index in [0.717, 1.165) is 12.4 Å². The molecule has 0 radical (unpaired) electrons. The summed E-state index contributed by atoms with van der Waals surface area (Å²) >= 11 is 1.39. The summed E-state index contributed by atoms with van der Waals surface area (Å²) in [4.78, 5) is 18.9. The average molecular weight is 248 g/mol. The number of carbonyl (C=O) groups excluding carboxylic acids is 1. The maximum Gasteiger partial charge on any atom is 0.266 e. The van der Waals surface area contributed by atoms with E-state index >= 15 is 0 Å². The van der Waals surface area contributed by atoms with E-state index in [-0.39, 0.29) is 5.91 Å². The summed E-state index contributed by atoms with van der Waals surface area (Å²) in [5, 5.41) is 1.84. The fourth-order valence-electron chi connectivity index (χ4n) is 1.98. The van der Waals surface area contributed by atoms with Gasteiger partial charge in [0.2, 0.25) is 0 Å². The fraction of sp³-hybridized carbons (Fsp3) is 0.273. The Morgan fingerprint density at radius 3 is 3.12 bits per heavy atom. The van der Waals surface area contributed by atoms with Gasteiger partial charge in [-0.15, -0.1) is 11.3 Å². The third-order valence-electron chi connectivity index (χ3n) is 2.92. The third kappa shape index (κ3) is 1.70. The van der Waals surface area contributed by atoms with Crippen molar-refractivity contribution in [2.75, 3.05) is 12.3 Å². The number of fused-ring (bicyclic) bond motifs is 1. The molecule has 0 bridgehead atoms. The first-order valence-electron chi connectivity index (χ1n) is 5.38. The summed E-state index contributed by atoms with van der Waals surface area (Å²) in [5.41, 5.74) is 6.33. The molecule has 5 nitrogen and oxygen atoms in total. The van der Waals surface area contributed by atoms with Crippen molar-refractivity contribution < 1.29 is 4.79 Å². The topological polar surface area (TPSA) is 64.2 Å². The number of thiophene rings is 1. The average Bonchev–Trinajstić information content (AvgIpc) is 2.95. The second-order valence-electron chi connectivity index (χ2n) is 3.97. The van der Waals surface area contributed by atoms with Crippen molar-refractivity contribution in [2.45, 2.75) is 13.1 Å². The molecule has 0 saturated heterocycles. The molecule has 0 fully saturated rings. The van der Waals surface area contributed by atoms with Crippen molar-refractivity contribution in [1.82, 2.24) is 14.5 Å². The van der Waals surface area contributed by atoms with Gasteiger partial charge < -0.3 is 15.2 Å². The van der Waals surface area contributed by atoms with Crippen LogP contribution in [0.15, 0.2) is 23.8 Å². The van der Waals surface area contributed by atoms with Gasteiger partial charge in [0.1, 0.15) is 10.7 Å². The molecule has 0 spiro atoms. The Kier molecular flexibility index (Phi) is 2.36. The van der Waals surface area contributed by atoms with Crippen molar-refractivity contribution in [3.05, 3.63) is 34.5 Å². The molecule has 1 aliphatic rings. The Hall–Kier alpha value is -1.82. The van der Waals surface area contributed by atoms with Crippen LogP contribution >= 0.6 is 11.3 Å². The number of rotatable bonds is 1. The molecular weight excluding hydrogens is 236 g/mol. The van der Waals surface area contributed by atoms with Crippen LogP contribution in [0.25, 0.3) is 0 Å². The summed E-state index contributed by atoms with van der Waals surface area (Å²) in [7, 11) is 0. The molecule has 2 aromatic heterocycles. The monoisotopic (exact) mass is 248 g/mol. The minimum atomic E-state index is 0.00625. The highest BCUT2D eigenvalue weighted by atomic mass is 32.1. The van der Waals surface area contributed by atoms with Crippen molar-refractivity contribution in [3.63, 3.8) is 0 Å². The second-order valence-corrected chi connectivity index (χ2v) is 4.88. The van der Waals surface area contributed by atoms with Crippen LogP contribution in [-0.4, -0.2) is 26.9 Å². The molecule has 17 heavy (non-hydrogen) atoms. The molecule has 0 unspecified atom stereocenters. The number of nitrogens with two attached hydrogens (primary N) is 1. The van der Waals surface area contributed by atoms with Gasteiger partial charge in [0.05, 0.1) is 12.2 Å². The molecule has 0 aliphatic carbocycles. The van der Waals surface area contributed by atoms with E-state index < -0.39 is 0 Å². The molecule has 6 heteroatoms. The van der Waals surface area contributed by atoms with Gasteiger partial charge in [-0.25, -0.2) is 4.98 Å². The van der Waals surface area contributed by atoms with Gasteiger partial charge >= 0.3 is 0 Å². The molecule has 0 aromatic carbocycles. The highest BCUT2D eigenvalue weighted by Crippen LogP contribution is 2.22. The summed E-state index contributed by atoms with van der Waals surface area (Å²) in [6, 6.07) is 1.77. The normalized spacial score (nSPS) is 14.7. The molecule has 2 N–H and O–H groups in total. The quantitative estimate of drug-likeness (QED) is 0.824. The first kappa shape index (κ1) is 10.3. The number of aromatic nitrogens is 2. The number of nitrogens with zero attached hydrogens (tertiary/aromatic N) is 3. The van der Waals surface area contributed by atoms with Crippen LogP contribution in [0.3, 0.4) is 0 Å². The van der Waals surface area contributed by atoms with Crippen LogP contribution < -0.4 is 5.73 Å². The maximum absolute atomic E-state index is 12.2. The lowest BCUT2D eigenvalue weighted by atomic mass is 10.3. The van der Waals surface area contributed by atoms with Crippen molar-refractivity contribution in [3.8, 4) is 0 Å². The molecule has 1 aliphatic heterocycles. The van der Waals surface area contributed by atoms with Gasteiger partial charge in [-0.05, 0) is 11.4 Å².